The number of ether oxygens (including phenoxy) is 2. The lowest BCUT2D eigenvalue weighted by Crippen LogP contribution is -2.08. The molecule has 0 radical (unpaired) electrons. The zero-order chi connectivity index (χ0) is 23.6. The second-order valence-electron chi connectivity index (χ2n) is 8.01. The minimum atomic E-state index is -0.369. The van der Waals surface area contributed by atoms with Gasteiger partial charge in [0.05, 0.1) is 13.2 Å². The Balaban J connectivity index is 1.85. The summed E-state index contributed by atoms with van der Waals surface area (Å²) in [4.78, 5) is 11.6. The van der Waals surface area contributed by atoms with Crippen molar-refractivity contribution in [3.05, 3.63) is 90.0 Å². The summed E-state index contributed by atoms with van der Waals surface area (Å²) >= 11 is 0. The van der Waals surface area contributed by atoms with Crippen LogP contribution in [0.2, 0.25) is 0 Å². The minimum Gasteiger partial charge on any atom is -0.491 e. The maximum atomic E-state index is 11.6. The average Bonchev–Trinajstić information content (AvgIpc) is 2.85. The molecule has 1 N–H and O–H groups in total. The Morgan fingerprint density at radius 1 is 0.909 bits per heavy atom. The summed E-state index contributed by atoms with van der Waals surface area (Å²) in [5.41, 5.74) is 7.44. The molecule has 3 rings (SSSR count). The van der Waals surface area contributed by atoms with Gasteiger partial charge in [0.25, 0.3) is 0 Å². The van der Waals surface area contributed by atoms with E-state index in [9.17, 15) is 9.90 Å². The molecule has 0 fully saturated rings. The largest absolute Gasteiger partial charge is 0.491 e. The van der Waals surface area contributed by atoms with Crippen LogP contribution in [0.5, 0.6) is 5.75 Å². The van der Waals surface area contributed by atoms with E-state index < -0.39 is 0 Å². The van der Waals surface area contributed by atoms with Crippen molar-refractivity contribution in [2.75, 3.05) is 19.8 Å². The normalized spacial score (nSPS) is 10.6. The van der Waals surface area contributed by atoms with Gasteiger partial charge in [-0.1, -0.05) is 68.1 Å². The van der Waals surface area contributed by atoms with Gasteiger partial charge in [0.1, 0.15) is 12.4 Å². The standard InChI is InChI=1S/C29H32O4/c1-4-22-19-24(23-9-6-5-7-10-23)12-14-27(22)25-13-15-28(32-18-16-30)26(20-25)11-8-17-33-29(31)21(2)3/h5-7,9-10,12-15,19-20,30H,2,4,8,11,16-18H2,1,3H3. The molecule has 3 aromatic rings. The van der Waals surface area contributed by atoms with Crippen molar-refractivity contribution in [2.24, 2.45) is 0 Å². The predicted octanol–water partition coefficient (Wildman–Crippen LogP) is 6.01. The quantitative estimate of drug-likeness (QED) is 0.224. The number of hydrogen-bond donors (Lipinski definition) is 1. The Hall–Kier alpha value is -3.37. The maximum Gasteiger partial charge on any atom is 0.333 e. The molecule has 0 saturated carbocycles. The van der Waals surface area contributed by atoms with Crippen molar-refractivity contribution in [1.82, 2.24) is 0 Å². The SMILES string of the molecule is C=C(C)C(=O)OCCCc1cc(-c2ccc(-c3ccccc3)cc2CC)ccc1OCCO. The smallest absolute Gasteiger partial charge is 0.333 e. The van der Waals surface area contributed by atoms with Gasteiger partial charge in [0, 0.05) is 5.57 Å². The number of benzene rings is 3. The van der Waals surface area contributed by atoms with Crippen molar-refractivity contribution in [3.8, 4) is 28.0 Å². The highest BCUT2D eigenvalue weighted by molar-refractivity contribution is 5.86. The van der Waals surface area contributed by atoms with Gasteiger partial charge in [-0.05, 0) is 71.7 Å². The molecule has 4 nitrogen and oxygen atoms in total. The number of rotatable bonds is 11. The van der Waals surface area contributed by atoms with Crippen LogP contribution < -0.4 is 4.74 Å². The second kappa shape index (κ2) is 12.0. The molecule has 0 aliphatic carbocycles. The Morgan fingerprint density at radius 3 is 2.33 bits per heavy atom. The number of aryl methyl sites for hydroxylation is 2. The molecule has 0 atom stereocenters. The van der Waals surface area contributed by atoms with Crippen LogP contribution in [0.4, 0.5) is 0 Å². The van der Waals surface area contributed by atoms with E-state index in [0.29, 0.717) is 25.0 Å². The minimum absolute atomic E-state index is 0.0433. The number of aliphatic hydroxyl groups is 1. The third-order valence-electron chi connectivity index (χ3n) is 5.49. The van der Waals surface area contributed by atoms with Gasteiger partial charge in [-0.15, -0.1) is 0 Å². The van der Waals surface area contributed by atoms with Crippen molar-refractivity contribution >= 4 is 5.97 Å². The number of carbonyl (C=O) groups excluding carboxylic acids is 1. The van der Waals surface area contributed by atoms with Gasteiger partial charge in [-0.3, -0.25) is 0 Å². The molecule has 0 aromatic heterocycles. The van der Waals surface area contributed by atoms with Gasteiger partial charge >= 0.3 is 5.97 Å². The van der Waals surface area contributed by atoms with E-state index in [0.717, 1.165) is 23.3 Å². The van der Waals surface area contributed by atoms with Crippen LogP contribution in [0.25, 0.3) is 22.3 Å². The van der Waals surface area contributed by atoms with Crippen molar-refractivity contribution in [2.45, 2.75) is 33.1 Å². The van der Waals surface area contributed by atoms with Crippen molar-refractivity contribution in [1.29, 1.82) is 0 Å². The fourth-order valence-electron chi connectivity index (χ4n) is 3.77. The van der Waals surface area contributed by atoms with Gasteiger partial charge in [0.2, 0.25) is 0 Å². The lowest BCUT2D eigenvalue weighted by atomic mass is 9.92. The molecule has 0 aliphatic rings. The Morgan fingerprint density at radius 2 is 1.64 bits per heavy atom. The lowest BCUT2D eigenvalue weighted by molar-refractivity contribution is -0.139. The Kier molecular flexibility index (Phi) is 8.85. The van der Waals surface area contributed by atoms with E-state index in [1.807, 2.05) is 12.1 Å². The molecule has 172 valence electrons. The summed E-state index contributed by atoms with van der Waals surface area (Å²) in [5, 5.41) is 9.18. The molecule has 0 heterocycles. The third kappa shape index (κ3) is 6.56. The molecular formula is C29H32O4. The monoisotopic (exact) mass is 444 g/mol. The summed E-state index contributed by atoms with van der Waals surface area (Å²) in [6.07, 6.45) is 2.29. The van der Waals surface area contributed by atoms with E-state index >= 15 is 0 Å². The molecule has 3 aromatic carbocycles. The second-order valence-corrected chi connectivity index (χ2v) is 8.01. The Labute approximate surface area is 196 Å². The number of aliphatic hydroxyl groups excluding tert-OH is 1. The molecule has 0 bridgehead atoms. The van der Waals surface area contributed by atoms with Crippen LogP contribution in [0.15, 0.2) is 78.9 Å². The zero-order valence-corrected chi connectivity index (χ0v) is 19.5. The van der Waals surface area contributed by atoms with Crippen molar-refractivity contribution in [3.63, 3.8) is 0 Å². The van der Waals surface area contributed by atoms with E-state index in [-0.39, 0.29) is 19.2 Å². The van der Waals surface area contributed by atoms with E-state index in [1.165, 1.54) is 22.3 Å². The van der Waals surface area contributed by atoms with Crippen LogP contribution in [0, 0.1) is 0 Å². The lowest BCUT2D eigenvalue weighted by Gasteiger charge is -2.16. The Bertz CT molecular complexity index is 1090. The van der Waals surface area contributed by atoms with Gasteiger partial charge < -0.3 is 14.6 Å². The van der Waals surface area contributed by atoms with E-state index in [4.69, 9.17) is 9.47 Å². The van der Waals surface area contributed by atoms with Crippen LogP contribution in [0.1, 0.15) is 31.4 Å². The van der Waals surface area contributed by atoms with Gasteiger partial charge in [-0.25, -0.2) is 4.79 Å². The first kappa shape index (κ1) is 24.3. The topological polar surface area (TPSA) is 55.8 Å². The molecule has 0 saturated heterocycles. The third-order valence-corrected chi connectivity index (χ3v) is 5.49. The van der Waals surface area contributed by atoms with E-state index in [1.54, 1.807) is 6.92 Å². The first-order chi connectivity index (χ1) is 16.0. The summed E-state index contributed by atoms with van der Waals surface area (Å²) < 4.78 is 11.0. The first-order valence-corrected chi connectivity index (χ1v) is 11.4. The fraction of sp³-hybridized carbons (Fsp3) is 0.276. The first-order valence-electron chi connectivity index (χ1n) is 11.4. The summed E-state index contributed by atoms with van der Waals surface area (Å²) in [6.45, 7) is 7.93. The van der Waals surface area contributed by atoms with Crippen LogP contribution >= 0.6 is 0 Å². The molecular weight excluding hydrogens is 412 g/mol. The van der Waals surface area contributed by atoms with Gasteiger partial charge in [-0.2, -0.15) is 0 Å². The highest BCUT2D eigenvalue weighted by atomic mass is 16.5. The molecule has 4 heteroatoms. The number of hydrogen-bond acceptors (Lipinski definition) is 4. The van der Waals surface area contributed by atoms with Crippen LogP contribution in [0.3, 0.4) is 0 Å². The molecule has 0 amide bonds. The summed E-state index contributed by atoms with van der Waals surface area (Å²) in [5.74, 6) is 0.379. The maximum absolute atomic E-state index is 11.6. The van der Waals surface area contributed by atoms with Crippen LogP contribution in [-0.2, 0) is 22.4 Å². The number of esters is 1. The van der Waals surface area contributed by atoms with Crippen molar-refractivity contribution < 1.29 is 19.4 Å². The average molecular weight is 445 g/mol. The van der Waals surface area contributed by atoms with Crippen LogP contribution in [-0.4, -0.2) is 30.9 Å². The summed E-state index contributed by atoms with van der Waals surface area (Å²) in [7, 11) is 0. The van der Waals surface area contributed by atoms with E-state index in [2.05, 4.69) is 68.1 Å². The molecule has 33 heavy (non-hydrogen) atoms. The summed E-state index contributed by atoms with van der Waals surface area (Å²) in [6, 6.07) is 23.2. The molecule has 0 unspecified atom stereocenters. The zero-order valence-electron chi connectivity index (χ0n) is 19.5. The number of carbonyl (C=O) groups is 1. The molecule has 0 spiro atoms. The predicted molar refractivity (Wildman–Crippen MR) is 133 cm³/mol. The highest BCUT2D eigenvalue weighted by Gasteiger charge is 2.11. The fourth-order valence-corrected chi connectivity index (χ4v) is 3.77. The molecule has 0 aliphatic heterocycles. The highest BCUT2D eigenvalue weighted by Crippen LogP contribution is 2.33. The van der Waals surface area contributed by atoms with Gasteiger partial charge in [0.15, 0.2) is 0 Å².